The molecule has 0 aliphatic carbocycles. The summed E-state index contributed by atoms with van der Waals surface area (Å²) in [6.07, 6.45) is 1.14. The van der Waals surface area contributed by atoms with Crippen LogP contribution in [0.3, 0.4) is 0 Å². The van der Waals surface area contributed by atoms with Crippen LogP contribution in [-0.2, 0) is 14.6 Å². The number of carbonyl (C=O) groups excluding carboxylic acids is 1. The van der Waals surface area contributed by atoms with Crippen LogP contribution >= 0.6 is 0 Å². The van der Waals surface area contributed by atoms with Gasteiger partial charge in [0, 0.05) is 6.26 Å². The van der Waals surface area contributed by atoms with E-state index in [-0.39, 0.29) is 19.0 Å². The minimum atomic E-state index is -3.08. The highest BCUT2D eigenvalue weighted by atomic mass is 32.2. The van der Waals surface area contributed by atoms with Crippen LogP contribution in [0.2, 0.25) is 0 Å². The van der Waals surface area contributed by atoms with Crippen molar-refractivity contribution in [3.05, 3.63) is 23.8 Å². The Bertz CT molecular complexity index is 564. The summed E-state index contributed by atoms with van der Waals surface area (Å²) >= 11 is 0. The Hall–Kier alpha value is -1.76. The van der Waals surface area contributed by atoms with E-state index in [2.05, 4.69) is 0 Å². The van der Waals surface area contributed by atoms with Crippen molar-refractivity contribution in [1.82, 2.24) is 0 Å². The molecule has 1 aromatic rings. The molecule has 0 aliphatic heterocycles. The molecule has 0 aromatic heterocycles. The molecule has 0 spiro atoms. The van der Waals surface area contributed by atoms with Gasteiger partial charge in [0.25, 0.3) is 0 Å². The second kappa shape index (κ2) is 7.14. The number of hydrogen-bond donors (Lipinski definition) is 0. The van der Waals surface area contributed by atoms with Crippen molar-refractivity contribution in [3.8, 4) is 11.5 Å². The van der Waals surface area contributed by atoms with E-state index in [1.54, 1.807) is 13.0 Å². The Morgan fingerprint density at radius 1 is 1.25 bits per heavy atom. The predicted molar refractivity (Wildman–Crippen MR) is 74.2 cm³/mol. The topological polar surface area (TPSA) is 78.9 Å². The van der Waals surface area contributed by atoms with Crippen molar-refractivity contribution in [2.24, 2.45) is 0 Å². The first-order chi connectivity index (χ1) is 9.37. The number of hydrogen-bond acceptors (Lipinski definition) is 6. The highest BCUT2D eigenvalue weighted by Crippen LogP contribution is 2.28. The molecule has 0 atom stereocenters. The van der Waals surface area contributed by atoms with Gasteiger partial charge in [0.2, 0.25) is 0 Å². The zero-order chi connectivity index (χ0) is 15.2. The van der Waals surface area contributed by atoms with Gasteiger partial charge in [-0.05, 0) is 25.1 Å². The van der Waals surface area contributed by atoms with Crippen molar-refractivity contribution < 1.29 is 27.4 Å². The van der Waals surface area contributed by atoms with E-state index in [0.717, 1.165) is 6.26 Å². The molecular formula is C13H18O6S. The number of methoxy groups -OCH3 is 1. The Morgan fingerprint density at radius 3 is 2.50 bits per heavy atom. The fraction of sp³-hybridized carbons (Fsp3) is 0.462. The minimum Gasteiger partial charge on any atom is -0.493 e. The normalized spacial score (nSPS) is 10.9. The van der Waals surface area contributed by atoms with Crippen molar-refractivity contribution >= 4 is 15.8 Å². The molecule has 20 heavy (non-hydrogen) atoms. The van der Waals surface area contributed by atoms with Crippen LogP contribution < -0.4 is 9.47 Å². The highest BCUT2D eigenvalue weighted by molar-refractivity contribution is 7.90. The lowest BCUT2D eigenvalue weighted by molar-refractivity contribution is 0.0526. The van der Waals surface area contributed by atoms with E-state index >= 15 is 0 Å². The van der Waals surface area contributed by atoms with Gasteiger partial charge in [0.15, 0.2) is 21.3 Å². The van der Waals surface area contributed by atoms with Crippen LogP contribution in [0.1, 0.15) is 17.3 Å². The zero-order valence-corrected chi connectivity index (χ0v) is 12.5. The third kappa shape index (κ3) is 5.08. The van der Waals surface area contributed by atoms with Gasteiger partial charge in [-0.1, -0.05) is 0 Å². The molecule has 7 heteroatoms. The Morgan fingerprint density at radius 2 is 1.95 bits per heavy atom. The molecule has 0 heterocycles. The smallest absolute Gasteiger partial charge is 0.338 e. The number of benzene rings is 1. The molecule has 1 rings (SSSR count). The third-order valence-electron chi connectivity index (χ3n) is 2.39. The molecule has 0 radical (unpaired) electrons. The molecule has 0 bridgehead atoms. The van der Waals surface area contributed by atoms with Gasteiger partial charge in [-0.3, -0.25) is 0 Å². The van der Waals surface area contributed by atoms with Crippen molar-refractivity contribution in [3.63, 3.8) is 0 Å². The molecule has 0 amide bonds. The minimum absolute atomic E-state index is 0.0218. The van der Waals surface area contributed by atoms with Gasteiger partial charge in [0.1, 0.15) is 6.61 Å². The fourth-order valence-electron chi connectivity index (χ4n) is 1.43. The zero-order valence-electron chi connectivity index (χ0n) is 11.7. The molecule has 0 fully saturated rings. The molecule has 112 valence electrons. The number of sulfone groups is 1. The summed E-state index contributed by atoms with van der Waals surface area (Å²) in [6, 6.07) is 4.58. The molecular weight excluding hydrogens is 284 g/mol. The highest BCUT2D eigenvalue weighted by Gasteiger charge is 2.12. The summed E-state index contributed by atoms with van der Waals surface area (Å²) in [5.41, 5.74) is 0.346. The van der Waals surface area contributed by atoms with Gasteiger partial charge in [-0.2, -0.15) is 0 Å². The first-order valence-electron chi connectivity index (χ1n) is 6.03. The van der Waals surface area contributed by atoms with Crippen LogP contribution in [0.5, 0.6) is 11.5 Å². The number of rotatable bonds is 7. The molecule has 0 aliphatic rings. The van der Waals surface area contributed by atoms with E-state index in [9.17, 15) is 13.2 Å². The first kappa shape index (κ1) is 16.3. The summed E-state index contributed by atoms with van der Waals surface area (Å²) < 4.78 is 37.4. The molecule has 0 saturated heterocycles. The number of carbonyl (C=O) groups is 1. The molecule has 1 aromatic carbocycles. The quantitative estimate of drug-likeness (QED) is 0.706. The van der Waals surface area contributed by atoms with E-state index in [1.807, 2.05) is 0 Å². The van der Waals surface area contributed by atoms with Crippen LogP contribution in [0.4, 0.5) is 0 Å². The second-order valence-electron chi connectivity index (χ2n) is 4.06. The summed E-state index contributed by atoms with van der Waals surface area (Å²) in [7, 11) is -1.64. The maximum atomic E-state index is 11.6. The lowest BCUT2D eigenvalue weighted by atomic mass is 10.2. The van der Waals surface area contributed by atoms with Gasteiger partial charge in [0.05, 0.1) is 25.0 Å². The lowest BCUT2D eigenvalue weighted by Crippen LogP contribution is -2.12. The van der Waals surface area contributed by atoms with E-state index in [0.29, 0.717) is 17.1 Å². The first-order valence-corrected chi connectivity index (χ1v) is 8.09. The monoisotopic (exact) mass is 302 g/mol. The maximum Gasteiger partial charge on any atom is 0.338 e. The van der Waals surface area contributed by atoms with Gasteiger partial charge < -0.3 is 14.2 Å². The molecule has 0 unspecified atom stereocenters. The van der Waals surface area contributed by atoms with E-state index in [4.69, 9.17) is 14.2 Å². The summed E-state index contributed by atoms with van der Waals surface area (Å²) in [5.74, 6) is 0.192. The average molecular weight is 302 g/mol. The Kier molecular flexibility index (Phi) is 5.82. The fourth-order valence-corrected chi connectivity index (χ4v) is 1.82. The standard InChI is InChI=1S/C13H18O6S/c1-4-18-13(14)10-5-6-11(12(9-10)17-2)19-7-8-20(3,15)16/h5-6,9H,4,7-8H2,1-3H3. The summed E-state index contributed by atoms with van der Waals surface area (Å²) in [6.45, 7) is 2.03. The predicted octanol–water partition coefficient (Wildman–Crippen LogP) is 1.30. The van der Waals surface area contributed by atoms with Crippen LogP contribution in [0.15, 0.2) is 18.2 Å². The van der Waals surface area contributed by atoms with Crippen molar-refractivity contribution in [1.29, 1.82) is 0 Å². The average Bonchev–Trinajstić information content (AvgIpc) is 2.37. The van der Waals surface area contributed by atoms with Gasteiger partial charge in [-0.25, -0.2) is 13.2 Å². The largest absolute Gasteiger partial charge is 0.493 e. The maximum absolute atomic E-state index is 11.6. The molecule has 6 nitrogen and oxygen atoms in total. The Balaban J connectivity index is 2.80. The van der Waals surface area contributed by atoms with Crippen LogP contribution in [0, 0.1) is 0 Å². The van der Waals surface area contributed by atoms with Gasteiger partial charge in [-0.15, -0.1) is 0 Å². The SMILES string of the molecule is CCOC(=O)c1ccc(OCCS(C)(=O)=O)c(OC)c1. The lowest BCUT2D eigenvalue weighted by Gasteiger charge is -2.11. The van der Waals surface area contributed by atoms with Crippen molar-refractivity contribution in [2.45, 2.75) is 6.92 Å². The second-order valence-corrected chi connectivity index (χ2v) is 6.32. The van der Waals surface area contributed by atoms with Crippen LogP contribution in [-0.4, -0.2) is 46.7 Å². The summed E-state index contributed by atoms with van der Waals surface area (Å²) in [4.78, 5) is 11.6. The van der Waals surface area contributed by atoms with E-state index < -0.39 is 15.8 Å². The summed E-state index contributed by atoms with van der Waals surface area (Å²) in [5, 5.41) is 0. The third-order valence-corrected chi connectivity index (χ3v) is 3.29. The molecule has 0 N–H and O–H groups in total. The van der Waals surface area contributed by atoms with E-state index in [1.165, 1.54) is 19.2 Å². The van der Waals surface area contributed by atoms with Crippen LogP contribution in [0.25, 0.3) is 0 Å². The van der Waals surface area contributed by atoms with Gasteiger partial charge >= 0.3 is 5.97 Å². The van der Waals surface area contributed by atoms with Crippen molar-refractivity contribution in [2.75, 3.05) is 32.3 Å². The molecule has 0 saturated carbocycles. The number of esters is 1. The Labute approximate surface area is 118 Å². The number of ether oxygens (including phenoxy) is 3.